The highest BCUT2D eigenvalue weighted by molar-refractivity contribution is 5.00. The summed E-state index contributed by atoms with van der Waals surface area (Å²) < 4.78 is 0. The fraction of sp³-hybridized carbons (Fsp3) is 0.800. The van der Waals surface area contributed by atoms with Gasteiger partial charge >= 0.3 is 0 Å². The highest BCUT2D eigenvalue weighted by Gasteiger charge is 2.27. The van der Waals surface area contributed by atoms with E-state index in [1.807, 2.05) is 0 Å². The summed E-state index contributed by atoms with van der Waals surface area (Å²) in [5, 5.41) is 9.04. The highest BCUT2D eigenvalue weighted by atomic mass is 15.2. The Morgan fingerprint density at radius 3 is 2.59 bits per heavy atom. The molecule has 0 heterocycles. The summed E-state index contributed by atoms with van der Waals surface area (Å²) in [6.07, 6.45) is 16.5. The van der Waals surface area contributed by atoms with Gasteiger partial charge in [0.05, 0.1) is 12.6 Å². The third-order valence-electron chi connectivity index (χ3n) is 4.20. The molecule has 0 aromatic rings. The molecule has 94 valence electrons. The van der Waals surface area contributed by atoms with Crippen molar-refractivity contribution < 1.29 is 0 Å². The van der Waals surface area contributed by atoms with Crippen molar-refractivity contribution in [1.82, 2.24) is 4.90 Å². The molecule has 2 aliphatic rings. The molecule has 1 fully saturated rings. The van der Waals surface area contributed by atoms with Crippen LogP contribution in [0.2, 0.25) is 0 Å². The van der Waals surface area contributed by atoms with Gasteiger partial charge in [-0.2, -0.15) is 5.26 Å². The molecular weight excluding hydrogens is 208 g/mol. The van der Waals surface area contributed by atoms with E-state index in [0.717, 1.165) is 0 Å². The zero-order valence-corrected chi connectivity index (χ0v) is 10.8. The summed E-state index contributed by atoms with van der Waals surface area (Å²) >= 11 is 0. The first kappa shape index (κ1) is 12.6. The summed E-state index contributed by atoms with van der Waals surface area (Å²) in [7, 11) is 0. The minimum Gasteiger partial charge on any atom is -0.281 e. The van der Waals surface area contributed by atoms with Gasteiger partial charge in [0.25, 0.3) is 0 Å². The van der Waals surface area contributed by atoms with E-state index < -0.39 is 0 Å². The third kappa shape index (κ3) is 3.57. The van der Waals surface area contributed by atoms with Gasteiger partial charge in [-0.05, 0) is 32.1 Å². The van der Waals surface area contributed by atoms with Crippen LogP contribution < -0.4 is 0 Å². The molecule has 0 bridgehead atoms. The number of nitrogens with zero attached hydrogens (tertiary/aromatic N) is 2. The fourth-order valence-electron chi connectivity index (χ4n) is 3.25. The average Bonchev–Trinajstić information content (AvgIpc) is 2.79. The Kier molecular flexibility index (Phi) is 5.07. The third-order valence-corrected chi connectivity index (χ3v) is 4.20. The van der Waals surface area contributed by atoms with Crippen molar-refractivity contribution in [3.05, 3.63) is 12.2 Å². The van der Waals surface area contributed by atoms with E-state index in [0.29, 0.717) is 18.6 Å². The number of hydrogen-bond donors (Lipinski definition) is 0. The molecule has 0 spiro atoms. The lowest BCUT2D eigenvalue weighted by molar-refractivity contribution is 0.172. The molecule has 0 saturated heterocycles. The largest absolute Gasteiger partial charge is 0.281 e. The van der Waals surface area contributed by atoms with Crippen molar-refractivity contribution >= 4 is 0 Å². The molecule has 0 aromatic carbocycles. The first-order valence-electron chi connectivity index (χ1n) is 7.21. The van der Waals surface area contributed by atoms with Gasteiger partial charge in [0, 0.05) is 12.1 Å². The minimum absolute atomic E-state index is 0.526. The number of rotatable bonds is 3. The van der Waals surface area contributed by atoms with Crippen LogP contribution >= 0.6 is 0 Å². The monoisotopic (exact) mass is 232 g/mol. The fourth-order valence-corrected chi connectivity index (χ4v) is 3.25. The molecule has 1 unspecified atom stereocenters. The van der Waals surface area contributed by atoms with Crippen LogP contribution in [0, 0.1) is 11.3 Å². The molecule has 17 heavy (non-hydrogen) atoms. The van der Waals surface area contributed by atoms with Crippen LogP contribution in [-0.4, -0.2) is 23.5 Å². The maximum absolute atomic E-state index is 9.04. The van der Waals surface area contributed by atoms with Crippen LogP contribution in [0.5, 0.6) is 0 Å². The second-order valence-corrected chi connectivity index (χ2v) is 5.40. The first-order valence-corrected chi connectivity index (χ1v) is 7.21. The summed E-state index contributed by atoms with van der Waals surface area (Å²) in [5.41, 5.74) is 0. The van der Waals surface area contributed by atoms with E-state index in [9.17, 15) is 0 Å². The topological polar surface area (TPSA) is 27.0 Å². The molecule has 2 aliphatic carbocycles. The molecule has 2 rings (SSSR count). The van der Waals surface area contributed by atoms with Crippen molar-refractivity contribution in [1.29, 1.82) is 5.26 Å². The van der Waals surface area contributed by atoms with Gasteiger partial charge in [-0.1, -0.05) is 37.8 Å². The Morgan fingerprint density at radius 1 is 1.06 bits per heavy atom. The standard InChI is InChI=1S/C15H24N2/c16-12-13-17(15-10-6-7-11-15)14-8-4-2-1-3-5-9-14/h4,8,14-15H,1-3,5-7,9-11,13H2/b8-4+. The van der Waals surface area contributed by atoms with Crippen molar-refractivity contribution in [3.63, 3.8) is 0 Å². The highest BCUT2D eigenvalue weighted by Crippen LogP contribution is 2.27. The summed E-state index contributed by atoms with van der Waals surface area (Å²) in [4.78, 5) is 2.47. The van der Waals surface area contributed by atoms with Gasteiger partial charge in [-0.15, -0.1) is 0 Å². The summed E-state index contributed by atoms with van der Waals surface area (Å²) in [5.74, 6) is 0. The van der Waals surface area contributed by atoms with Gasteiger partial charge < -0.3 is 0 Å². The summed E-state index contributed by atoms with van der Waals surface area (Å²) in [6, 6.07) is 3.57. The van der Waals surface area contributed by atoms with E-state index in [4.69, 9.17) is 5.26 Å². The number of hydrogen-bond acceptors (Lipinski definition) is 2. The quantitative estimate of drug-likeness (QED) is 0.548. The lowest BCUT2D eigenvalue weighted by Gasteiger charge is -2.33. The molecule has 0 N–H and O–H groups in total. The Morgan fingerprint density at radius 2 is 1.82 bits per heavy atom. The van der Waals surface area contributed by atoms with E-state index in [1.54, 1.807) is 0 Å². The Balaban J connectivity index is 2.02. The second-order valence-electron chi connectivity index (χ2n) is 5.40. The van der Waals surface area contributed by atoms with E-state index >= 15 is 0 Å². The van der Waals surface area contributed by atoms with Crippen LogP contribution in [0.15, 0.2) is 12.2 Å². The molecule has 1 atom stereocenters. The Labute approximate surface area is 105 Å². The second kappa shape index (κ2) is 6.81. The van der Waals surface area contributed by atoms with Gasteiger partial charge in [0.15, 0.2) is 0 Å². The van der Waals surface area contributed by atoms with Crippen molar-refractivity contribution in [2.24, 2.45) is 0 Å². The molecule has 0 radical (unpaired) electrons. The van der Waals surface area contributed by atoms with E-state index in [2.05, 4.69) is 23.1 Å². The van der Waals surface area contributed by atoms with E-state index in [-0.39, 0.29) is 0 Å². The van der Waals surface area contributed by atoms with E-state index in [1.165, 1.54) is 57.8 Å². The molecule has 2 heteroatoms. The normalized spacial score (nSPS) is 28.6. The van der Waals surface area contributed by atoms with Crippen LogP contribution in [-0.2, 0) is 0 Å². The van der Waals surface area contributed by atoms with Crippen LogP contribution in [0.1, 0.15) is 57.8 Å². The predicted molar refractivity (Wildman–Crippen MR) is 70.6 cm³/mol. The SMILES string of the molecule is N#CCN(C1/C=C/CCCCC1)C1CCCC1. The van der Waals surface area contributed by atoms with Crippen molar-refractivity contribution in [2.75, 3.05) is 6.54 Å². The maximum atomic E-state index is 9.04. The molecule has 1 saturated carbocycles. The predicted octanol–water partition coefficient (Wildman–Crippen LogP) is 3.64. The Hall–Kier alpha value is -0.810. The number of nitriles is 1. The zero-order valence-electron chi connectivity index (χ0n) is 10.8. The Bertz CT molecular complexity index is 284. The molecule has 0 aromatic heterocycles. The average molecular weight is 232 g/mol. The lowest BCUT2D eigenvalue weighted by atomic mass is 9.99. The maximum Gasteiger partial charge on any atom is 0.0873 e. The first-order chi connectivity index (χ1) is 8.42. The van der Waals surface area contributed by atoms with Gasteiger partial charge in [-0.3, -0.25) is 4.90 Å². The summed E-state index contributed by atoms with van der Waals surface area (Å²) in [6.45, 7) is 0.611. The zero-order chi connectivity index (χ0) is 11.9. The van der Waals surface area contributed by atoms with Gasteiger partial charge in [0.1, 0.15) is 0 Å². The van der Waals surface area contributed by atoms with Crippen molar-refractivity contribution in [3.8, 4) is 6.07 Å². The molecule has 0 aliphatic heterocycles. The van der Waals surface area contributed by atoms with Crippen LogP contribution in [0.4, 0.5) is 0 Å². The smallest absolute Gasteiger partial charge is 0.0873 e. The van der Waals surface area contributed by atoms with Crippen LogP contribution in [0.25, 0.3) is 0 Å². The van der Waals surface area contributed by atoms with Crippen molar-refractivity contribution in [2.45, 2.75) is 69.9 Å². The van der Waals surface area contributed by atoms with Gasteiger partial charge in [-0.25, -0.2) is 0 Å². The molecule has 0 amide bonds. The number of allylic oxidation sites excluding steroid dienone is 1. The molecule has 2 nitrogen and oxygen atoms in total. The van der Waals surface area contributed by atoms with Crippen LogP contribution in [0.3, 0.4) is 0 Å². The molecular formula is C15H24N2. The minimum atomic E-state index is 0.526. The lowest BCUT2D eigenvalue weighted by Crippen LogP contribution is -2.41. The van der Waals surface area contributed by atoms with Gasteiger partial charge in [0.2, 0.25) is 0 Å².